The molecule has 0 saturated heterocycles. The summed E-state index contributed by atoms with van der Waals surface area (Å²) >= 11 is 1.60. The summed E-state index contributed by atoms with van der Waals surface area (Å²) in [6.07, 6.45) is -0.166. The van der Waals surface area contributed by atoms with Crippen molar-refractivity contribution in [2.45, 2.75) is 39.5 Å². The predicted molar refractivity (Wildman–Crippen MR) is 74.3 cm³/mol. The molecule has 0 radical (unpaired) electrons. The van der Waals surface area contributed by atoms with Crippen LogP contribution in [-0.4, -0.2) is 39.4 Å². The van der Waals surface area contributed by atoms with Crippen LogP contribution in [0.25, 0.3) is 0 Å². The van der Waals surface area contributed by atoms with Gasteiger partial charge in [-0.25, -0.2) is 0 Å². The highest BCUT2D eigenvalue weighted by molar-refractivity contribution is 7.11. The lowest BCUT2D eigenvalue weighted by Gasteiger charge is -2.20. The van der Waals surface area contributed by atoms with E-state index >= 15 is 0 Å². The van der Waals surface area contributed by atoms with E-state index in [0.717, 1.165) is 10.0 Å². The SMILES string of the molecule is COC(C)c1noc(CN(C)C(C)c2nnc(C)s2)n1. The largest absolute Gasteiger partial charge is 0.374 e. The van der Waals surface area contributed by atoms with E-state index in [9.17, 15) is 0 Å². The van der Waals surface area contributed by atoms with Crippen molar-refractivity contribution in [1.29, 1.82) is 0 Å². The fourth-order valence-electron chi connectivity index (χ4n) is 1.62. The minimum atomic E-state index is -0.166. The van der Waals surface area contributed by atoms with E-state index in [4.69, 9.17) is 9.26 Å². The van der Waals surface area contributed by atoms with Crippen LogP contribution in [0.3, 0.4) is 0 Å². The molecule has 110 valence electrons. The van der Waals surface area contributed by atoms with Crippen molar-refractivity contribution in [3.8, 4) is 0 Å². The van der Waals surface area contributed by atoms with E-state index in [-0.39, 0.29) is 12.1 Å². The zero-order chi connectivity index (χ0) is 14.7. The van der Waals surface area contributed by atoms with E-state index in [1.165, 1.54) is 0 Å². The number of rotatable bonds is 6. The number of hydrogen-bond acceptors (Lipinski definition) is 8. The van der Waals surface area contributed by atoms with Crippen molar-refractivity contribution in [3.63, 3.8) is 0 Å². The molecule has 0 aliphatic carbocycles. The maximum Gasteiger partial charge on any atom is 0.240 e. The number of methoxy groups -OCH3 is 1. The lowest BCUT2D eigenvalue weighted by atomic mass is 10.3. The number of hydrogen-bond donors (Lipinski definition) is 0. The Morgan fingerprint density at radius 1 is 1.35 bits per heavy atom. The van der Waals surface area contributed by atoms with E-state index in [1.807, 2.05) is 20.9 Å². The molecular weight excluding hydrogens is 278 g/mol. The van der Waals surface area contributed by atoms with Gasteiger partial charge in [-0.3, -0.25) is 4.90 Å². The highest BCUT2D eigenvalue weighted by atomic mass is 32.1. The first-order valence-corrected chi connectivity index (χ1v) is 7.18. The quantitative estimate of drug-likeness (QED) is 0.808. The van der Waals surface area contributed by atoms with Gasteiger partial charge in [0.2, 0.25) is 5.89 Å². The summed E-state index contributed by atoms with van der Waals surface area (Å²) in [5.41, 5.74) is 0. The molecule has 0 N–H and O–H groups in total. The van der Waals surface area contributed by atoms with Crippen molar-refractivity contribution in [1.82, 2.24) is 25.2 Å². The van der Waals surface area contributed by atoms with Crippen molar-refractivity contribution in [2.75, 3.05) is 14.2 Å². The monoisotopic (exact) mass is 297 g/mol. The van der Waals surface area contributed by atoms with Gasteiger partial charge in [0.1, 0.15) is 16.1 Å². The Bertz CT molecular complexity index is 556. The van der Waals surface area contributed by atoms with Crippen LogP contribution >= 0.6 is 11.3 Å². The van der Waals surface area contributed by atoms with E-state index in [2.05, 4.69) is 32.2 Å². The summed E-state index contributed by atoms with van der Waals surface area (Å²) in [4.78, 5) is 6.42. The predicted octanol–water partition coefficient (Wildman–Crippen LogP) is 2.13. The van der Waals surface area contributed by atoms with Gasteiger partial charge >= 0.3 is 0 Å². The second-order valence-corrected chi connectivity index (χ2v) is 5.89. The van der Waals surface area contributed by atoms with Crippen LogP contribution in [0.2, 0.25) is 0 Å². The topological polar surface area (TPSA) is 77.2 Å². The summed E-state index contributed by atoms with van der Waals surface area (Å²) in [5.74, 6) is 1.13. The first-order chi connectivity index (χ1) is 9.51. The highest BCUT2D eigenvalue weighted by Crippen LogP contribution is 2.23. The van der Waals surface area contributed by atoms with Crippen LogP contribution < -0.4 is 0 Å². The van der Waals surface area contributed by atoms with E-state index < -0.39 is 0 Å². The molecule has 20 heavy (non-hydrogen) atoms. The fraction of sp³-hybridized carbons (Fsp3) is 0.667. The lowest BCUT2D eigenvalue weighted by molar-refractivity contribution is 0.109. The summed E-state index contributed by atoms with van der Waals surface area (Å²) in [6.45, 7) is 6.47. The minimum Gasteiger partial charge on any atom is -0.374 e. The number of ether oxygens (including phenoxy) is 1. The molecule has 0 fully saturated rings. The molecule has 0 bridgehead atoms. The van der Waals surface area contributed by atoms with Gasteiger partial charge in [0, 0.05) is 7.11 Å². The second kappa shape index (κ2) is 6.38. The highest BCUT2D eigenvalue weighted by Gasteiger charge is 2.19. The van der Waals surface area contributed by atoms with Gasteiger partial charge in [-0.1, -0.05) is 5.16 Å². The Morgan fingerprint density at radius 2 is 2.10 bits per heavy atom. The first-order valence-electron chi connectivity index (χ1n) is 6.36. The average Bonchev–Trinajstić information content (AvgIpc) is 3.06. The number of aromatic nitrogens is 4. The van der Waals surface area contributed by atoms with Crippen molar-refractivity contribution in [2.24, 2.45) is 0 Å². The zero-order valence-corrected chi connectivity index (χ0v) is 13.1. The molecule has 8 heteroatoms. The molecule has 2 rings (SSSR count). The maximum atomic E-state index is 5.23. The van der Waals surface area contributed by atoms with Crippen LogP contribution in [0.15, 0.2) is 4.52 Å². The molecule has 2 aromatic rings. The molecule has 0 spiro atoms. The molecule has 2 heterocycles. The molecule has 0 amide bonds. The Hall–Kier alpha value is -1.38. The number of nitrogens with zero attached hydrogens (tertiary/aromatic N) is 5. The smallest absolute Gasteiger partial charge is 0.240 e. The third kappa shape index (κ3) is 3.38. The van der Waals surface area contributed by atoms with Crippen molar-refractivity contribution >= 4 is 11.3 Å². The minimum absolute atomic E-state index is 0.149. The Morgan fingerprint density at radius 3 is 2.70 bits per heavy atom. The van der Waals surface area contributed by atoms with Crippen LogP contribution in [-0.2, 0) is 11.3 Å². The molecule has 0 aromatic carbocycles. The Balaban J connectivity index is 2.00. The lowest BCUT2D eigenvalue weighted by Crippen LogP contribution is -2.22. The molecular formula is C12H19N5O2S. The Labute approximate surface area is 122 Å². The normalized spacial score (nSPS) is 14.7. The Kier molecular flexibility index (Phi) is 4.79. The van der Waals surface area contributed by atoms with Gasteiger partial charge in [0.05, 0.1) is 12.6 Å². The van der Waals surface area contributed by atoms with E-state index in [0.29, 0.717) is 18.3 Å². The third-order valence-electron chi connectivity index (χ3n) is 3.15. The second-order valence-electron chi connectivity index (χ2n) is 4.67. The molecule has 0 saturated carbocycles. The summed E-state index contributed by atoms with van der Waals surface area (Å²) in [7, 11) is 3.61. The van der Waals surface area contributed by atoms with Crippen molar-refractivity contribution < 1.29 is 9.26 Å². The van der Waals surface area contributed by atoms with Gasteiger partial charge in [0.25, 0.3) is 0 Å². The maximum absolute atomic E-state index is 5.23. The molecule has 0 aliphatic heterocycles. The van der Waals surface area contributed by atoms with Crippen molar-refractivity contribution in [3.05, 3.63) is 21.7 Å². The van der Waals surface area contributed by atoms with Crippen LogP contribution in [0.4, 0.5) is 0 Å². The van der Waals surface area contributed by atoms with Gasteiger partial charge in [-0.2, -0.15) is 4.98 Å². The summed E-state index contributed by atoms with van der Waals surface area (Å²) in [6, 6.07) is 0.149. The average molecular weight is 297 g/mol. The molecule has 0 aliphatic rings. The molecule has 2 unspecified atom stereocenters. The molecule has 2 aromatic heterocycles. The first kappa shape index (κ1) is 15.0. The zero-order valence-electron chi connectivity index (χ0n) is 12.3. The standard InChI is InChI=1S/C12H19N5O2S/c1-7(12-15-14-9(3)20-12)17(4)6-10-13-11(16-19-10)8(2)18-5/h7-8H,6H2,1-5H3. The third-order valence-corrected chi connectivity index (χ3v) is 4.15. The van der Waals surface area contributed by atoms with Gasteiger partial charge in [-0.05, 0) is 27.8 Å². The number of aryl methyl sites for hydroxylation is 1. The van der Waals surface area contributed by atoms with E-state index in [1.54, 1.807) is 18.4 Å². The van der Waals surface area contributed by atoms with Crippen LogP contribution in [0.5, 0.6) is 0 Å². The molecule has 2 atom stereocenters. The summed E-state index contributed by atoms with van der Waals surface area (Å²) in [5, 5.41) is 14.1. The summed E-state index contributed by atoms with van der Waals surface area (Å²) < 4.78 is 10.4. The van der Waals surface area contributed by atoms with Crippen LogP contribution in [0, 0.1) is 6.92 Å². The molecule has 7 nitrogen and oxygen atoms in total. The van der Waals surface area contributed by atoms with Gasteiger partial charge < -0.3 is 9.26 Å². The van der Waals surface area contributed by atoms with Crippen LogP contribution in [0.1, 0.15) is 47.7 Å². The van der Waals surface area contributed by atoms with Gasteiger partial charge in [-0.15, -0.1) is 21.5 Å². The van der Waals surface area contributed by atoms with Gasteiger partial charge in [0.15, 0.2) is 5.82 Å². The fourth-order valence-corrected chi connectivity index (χ4v) is 2.44.